The number of piperazine rings is 1. The number of H-pyrrole nitrogens is 1. The van der Waals surface area contributed by atoms with Crippen LogP contribution >= 0.6 is 0 Å². The van der Waals surface area contributed by atoms with Gasteiger partial charge in [-0.05, 0) is 23.6 Å². The highest BCUT2D eigenvalue weighted by Gasteiger charge is 2.29. The lowest BCUT2D eigenvalue weighted by atomic mass is 10.1. The van der Waals surface area contributed by atoms with Crippen molar-refractivity contribution in [1.82, 2.24) is 20.1 Å². The molecule has 0 spiro atoms. The lowest BCUT2D eigenvalue weighted by Gasteiger charge is -2.43. The van der Waals surface area contributed by atoms with Gasteiger partial charge in [-0.2, -0.15) is 0 Å². The summed E-state index contributed by atoms with van der Waals surface area (Å²) in [7, 11) is 0. The monoisotopic (exact) mass is 284 g/mol. The summed E-state index contributed by atoms with van der Waals surface area (Å²) in [5.41, 5.74) is 1.81. The predicted molar refractivity (Wildman–Crippen MR) is 82.4 cm³/mol. The second-order valence-electron chi connectivity index (χ2n) is 5.92. The number of hydrogen-bond acceptors (Lipinski definition) is 3. The third-order valence-corrected chi connectivity index (χ3v) is 4.68. The third kappa shape index (κ3) is 2.32. The van der Waals surface area contributed by atoms with Crippen molar-refractivity contribution in [1.29, 1.82) is 0 Å². The van der Waals surface area contributed by atoms with Crippen LogP contribution in [-0.2, 0) is 0 Å². The van der Waals surface area contributed by atoms with Crippen molar-refractivity contribution in [3.63, 3.8) is 0 Å². The molecule has 2 aromatic rings. The van der Waals surface area contributed by atoms with Gasteiger partial charge in [0.2, 0.25) is 0 Å². The molecule has 1 amide bonds. The van der Waals surface area contributed by atoms with Gasteiger partial charge < -0.3 is 15.2 Å². The highest BCUT2D eigenvalue weighted by atomic mass is 16.2. The van der Waals surface area contributed by atoms with E-state index in [9.17, 15) is 4.79 Å². The molecule has 3 heterocycles. The Hall–Kier alpha value is -1.85. The van der Waals surface area contributed by atoms with Crippen molar-refractivity contribution in [2.24, 2.45) is 0 Å². The predicted octanol–water partition coefficient (Wildman–Crippen LogP) is 0.897. The average molecular weight is 284 g/mol. The minimum Gasteiger partial charge on any atom is -0.361 e. The smallest absolute Gasteiger partial charge is 0.254 e. The van der Waals surface area contributed by atoms with Crippen LogP contribution in [0.15, 0.2) is 30.5 Å². The zero-order valence-corrected chi connectivity index (χ0v) is 12.0. The number of fused-ring (bicyclic) bond motifs is 1. The van der Waals surface area contributed by atoms with E-state index in [1.807, 2.05) is 35.4 Å². The Morgan fingerprint density at radius 3 is 2.62 bits per heavy atom. The molecule has 110 valence electrons. The third-order valence-electron chi connectivity index (χ3n) is 4.68. The highest BCUT2D eigenvalue weighted by Crippen LogP contribution is 2.17. The first kappa shape index (κ1) is 12.9. The van der Waals surface area contributed by atoms with Gasteiger partial charge in [-0.25, -0.2) is 0 Å². The normalized spacial score (nSPS) is 20.7. The van der Waals surface area contributed by atoms with Gasteiger partial charge in [0.25, 0.3) is 5.91 Å². The summed E-state index contributed by atoms with van der Waals surface area (Å²) >= 11 is 0. The van der Waals surface area contributed by atoms with Crippen LogP contribution in [-0.4, -0.2) is 66.0 Å². The van der Waals surface area contributed by atoms with Gasteiger partial charge in [-0.3, -0.25) is 9.69 Å². The largest absolute Gasteiger partial charge is 0.361 e. The molecule has 4 rings (SSSR count). The molecule has 2 aliphatic heterocycles. The fourth-order valence-corrected chi connectivity index (χ4v) is 3.19. The molecule has 1 aromatic heterocycles. The molecule has 5 nitrogen and oxygen atoms in total. The van der Waals surface area contributed by atoms with Crippen LogP contribution < -0.4 is 5.32 Å². The van der Waals surface area contributed by atoms with E-state index in [1.54, 1.807) is 0 Å². The van der Waals surface area contributed by atoms with Gasteiger partial charge >= 0.3 is 0 Å². The number of aromatic nitrogens is 1. The molecule has 0 bridgehead atoms. The highest BCUT2D eigenvalue weighted by molar-refractivity contribution is 5.98. The molecular formula is C16H20N4O. The Morgan fingerprint density at radius 2 is 1.90 bits per heavy atom. The average Bonchev–Trinajstić information content (AvgIpc) is 2.93. The number of aromatic amines is 1. The Balaban J connectivity index is 1.45. The van der Waals surface area contributed by atoms with E-state index in [1.165, 1.54) is 0 Å². The number of nitrogens with zero attached hydrogens (tertiary/aromatic N) is 2. The minimum atomic E-state index is 0.151. The standard InChI is InChI=1S/C16H20N4O/c21-16(13-2-1-12-3-4-18-15(12)9-13)20-7-5-19(6-8-20)14-10-17-11-14/h1-4,9,14,17-18H,5-8,10-11H2. The zero-order valence-electron chi connectivity index (χ0n) is 12.0. The van der Waals surface area contributed by atoms with Crippen molar-refractivity contribution in [2.75, 3.05) is 39.3 Å². The van der Waals surface area contributed by atoms with Crippen LogP contribution in [0.5, 0.6) is 0 Å². The number of rotatable bonds is 2. The SMILES string of the molecule is O=C(c1ccc2cc[nH]c2c1)N1CCN(C2CNC2)CC1. The van der Waals surface area contributed by atoms with Crippen LogP contribution in [0, 0.1) is 0 Å². The second kappa shape index (κ2) is 5.16. The maximum Gasteiger partial charge on any atom is 0.254 e. The number of amides is 1. The molecule has 2 saturated heterocycles. The van der Waals surface area contributed by atoms with E-state index < -0.39 is 0 Å². The first-order chi connectivity index (χ1) is 10.3. The fourth-order valence-electron chi connectivity index (χ4n) is 3.19. The Kier molecular flexibility index (Phi) is 3.16. The van der Waals surface area contributed by atoms with E-state index in [2.05, 4.69) is 15.2 Å². The van der Waals surface area contributed by atoms with E-state index in [0.717, 1.165) is 55.7 Å². The number of carbonyl (C=O) groups is 1. The van der Waals surface area contributed by atoms with Gasteiger partial charge in [-0.15, -0.1) is 0 Å². The molecule has 0 aliphatic carbocycles. The van der Waals surface area contributed by atoms with E-state index in [-0.39, 0.29) is 5.91 Å². The molecule has 2 fully saturated rings. The number of benzene rings is 1. The summed E-state index contributed by atoms with van der Waals surface area (Å²) in [5, 5.41) is 4.45. The summed E-state index contributed by atoms with van der Waals surface area (Å²) in [6, 6.07) is 8.60. The Labute approximate surface area is 123 Å². The molecule has 0 unspecified atom stereocenters. The zero-order chi connectivity index (χ0) is 14.2. The summed E-state index contributed by atoms with van der Waals surface area (Å²) in [4.78, 5) is 20.2. The quantitative estimate of drug-likeness (QED) is 0.861. The van der Waals surface area contributed by atoms with Gasteiger partial charge in [0, 0.05) is 62.6 Å². The van der Waals surface area contributed by atoms with Crippen molar-refractivity contribution in [3.05, 3.63) is 36.0 Å². The lowest BCUT2D eigenvalue weighted by molar-refractivity contribution is 0.0502. The first-order valence-corrected chi connectivity index (χ1v) is 7.62. The Bertz CT molecular complexity index is 653. The minimum absolute atomic E-state index is 0.151. The van der Waals surface area contributed by atoms with Gasteiger partial charge in [0.05, 0.1) is 0 Å². The van der Waals surface area contributed by atoms with Crippen LogP contribution in [0.1, 0.15) is 10.4 Å². The van der Waals surface area contributed by atoms with E-state index >= 15 is 0 Å². The molecule has 2 N–H and O–H groups in total. The number of carbonyl (C=O) groups excluding carboxylic acids is 1. The van der Waals surface area contributed by atoms with Crippen molar-refractivity contribution < 1.29 is 4.79 Å². The molecule has 0 saturated carbocycles. The maximum absolute atomic E-state index is 12.6. The molecule has 2 aliphatic rings. The van der Waals surface area contributed by atoms with Gasteiger partial charge in [-0.1, -0.05) is 6.07 Å². The summed E-state index contributed by atoms with van der Waals surface area (Å²) < 4.78 is 0. The van der Waals surface area contributed by atoms with Gasteiger partial charge in [0.1, 0.15) is 0 Å². The van der Waals surface area contributed by atoms with Crippen LogP contribution in [0.4, 0.5) is 0 Å². The molecule has 0 radical (unpaired) electrons. The fraction of sp³-hybridized carbons (Fsp3) is 0.438. The first-order valence-electron chi connectivity index (χ1n) is 7.62. The summed E-state index contributed by atoms with van der Waals surface area (Å²) in [6.07, 6.45) is 1.91. The molecular weight excluding hydrogens is 264 g/mol. The van der Waals surface area contributed by atoms with Crippen molar-refractivity contribution in [2.45, 2.75) is 6.04 Å². The lowest BCUT2D eigenvalue weighted by Crippen LogP contribution is -2.62. The molecule has 0 atom stereocenters. The van der Waals surface area contributed by atoms with Crippen LogP contribution in [0.2, 0.25) is 0 Å². The summed E-state index contributed by atoms with van der Waals surface area (Å²) in [6.45, 7) is 5.83. The number of hydrogen-bond donors (Lipinski definition) is 2. The van der Waals surface area contributed by atoms with Crippen LogP contribution in [0.3, 0.4) is 0 Å². The summed E-state index contributed by atoms with van der Waals surface area (Å²) in [5.74, 6) is 0.151. The van der Waals surface area contributed by atoms with Crippen molar-refractivity contribution >= 4 is 16.8 Å². The van der Waals surface area contributed by atoms with E-state index in [4.69, 9.17) is 0 Å². The Morgan fingerprint density at radius 1 is 1.10 bits per heavy atom. The molecule has 21 heavy (non-hydrogen) atoms. The molecule has 5 heteroatoms. The second-order valence-corrected chi connectivity index (χ2v) is 5.92. The number of nitrogens with one attached hydrogen (secondary N) is 2. The maximum atomic E-state index is 12.6. The van der Waals surface area contributed by atoms with Gasteiger partial charge in [0.15, 0.2) is 0 Å². The van der Waals surface area contributed by atoms with Crippen molar-refractivity contribution in [3.8, 4) is 0 Å². The van der Waals surface area contributed by atoms with Crippen LogP contribution in [0.25, 0.3) is 10.9 Å². The topological polar surface area (TPSA) is 51.4 Å². The van der Waals surface area contributed by atoms with E-state index in [0.29, 0.717) is 6.04 Å². The molecule has 1 aromatic carbocycles.